The summed E-state index contributed by atoms with van der Waals surface area (Å²) in [6, 6.07) is 0. The summed E-state index contributed by atoms with van der Waals surface area (Å²) in [4.78, 5) is 34.6. The number of alkyl carbamates (subject to hydrolysis) is 1. The number of carboxylic acid groups (broad SMARTS) is 1. The average molecular weight is 1410 g/mol. The quantitative estimate of drug-likeness (QED) is 0.0394. The van der Waals surface area contributed by atoms with Crippen molar-refractivity contribution >= 4 is 18.0 Å². The highest BCUT2D eigenvalue weighted by Crippen LogP contribution is 2.67. The predicted octanol–water partition coefficient (Wildman–Crippen LogP) is 7.42. The Labute approximate surface area is 587 Å². The standard InChI is InChI=1S/C72H132N2O24/c1-60(2)7-6-8-61(3)65-11-12-66-64-10-9-62-59-63(15-17-71(62,4)67(64)16-18-72(65,66)5)98-70(78)74-20-22-80-24-26-82-28-30-84-32-34-86-36-38-88-40-42-90-44-46-92-48-50-94-52-54-96-56-58-97-57-55-95-53-51-93-49-47-91-45-43-89-41-39-87-37-35-85-33-31-83-29-27-81-25-23-79-21-19-73-68(75)13-14-69(76)77/h9,60-61,63-67H,6-8,10-59H2,1-5H3,(H,73,75)(H,74,78)(H,76,77)/t61-,63+,64+,65-,66+,67+,71+,72-/m1/s1. The molecule has 0 aromatic rings. The molecule has 0 aromatic heterocycles. The summed E-state index contributed by atoms with van der Waals surface area (Å²) in [6.07, 6.45) is 15.7. The Morgan fingerprint density at radius 1 is 0.429 bits per heavy atom. The van der Waals surface area contributed by atoms with Crippen LogP contribution in [0.1, 0.15) is 118 Å². The van der Waals surface area contributed by atoms with Crippen molar-refractivity contribution in [3.05, 3.63) is 11.6 Å². The van der Waals surface area contributed by atoms with Crippen LogP contribution in [0.4, 0.5) is 4.79 Å². The molecule has 574 valence electrons. The Morgan fingerprint density at radius 2 is 0.776 bits per heavy atom. The fraction of sp³-hybridized carbons (Fsp3) is 0.931. The van der Waals surface area contributed by atoms with Crippen LogP contribution in [-0.4, -0.2) is 293 Å². The van der Waals surface area contributed by atoms with E-state index in [9.17, 15) is 14.4 Å². The van der Waals surface area contributed by atoms with Crippen LogP contribution in [0.25, 0.3) is 0 Å². The van der Waals surface area contributed by atoms with Gasteiger partial charge < -0.3 is 110 Å². The van der Waals surface area contributed by atoms with Crippen LogP contribution in [-0.2, 0) is 104 Å². The first-order valence-electron chi connectivity index (χ1n) is 37.0. The molecule has 8 atom stereocenters. The third kappa shape index (κ3) is 41.5. The molecule has 0 radical (unpaired) electrons. The fourth-order valence-electron chi connectivity index (χ4n) is 13.8. The number of carboxylic acids is 1. The number of carbonyl (C=O) groups is 3. The normalized spacial score (nSPS) is 21.6. The molecule has 26 heteroatoms. The molecule has 0 unspecified atom stereocenters. The lowest BCUT2D eigenvalue weighted by Gasteiger charge is -2.58. The van der Waals surface area contributed by atoms with E-state index >= 15 is 0 Å². The highest BCUT2D eigenvalue weighted by molar-refractivity contribution is 5.80. The molecule has 2 amide bonds. The van der Waals surface area contributed by atoms with Gasteiger partial charge in [-0.3, -0.25) is 9.59 Å². The molecule has 0 aromatic carbocycles. The molecule has 0 spiro atoms. The lowest BCUT2D eigenvalue weighted by Crippen LogP contribution is -2.51. The number of amides is 2. The fourth-order valence-corrected chi connectivity index (χ4v) is 13.8. The van der Waals surface area contributed by atoms with Crippen molar-refractivity contribution in [3.63, 3.8) is 0 Å². The molecule has 4 aliphatic carbocycles. The van der Waals surface area contributed by atoms with E-state index in [2.05, 4.69) is 51.3 Å². The van der Waals surface area contributed by atoms with Gasteiger partial charge in [0.15, 0.2) is 0 Å². The highest BCUT2D eigenvalue weighted by atomic mass is 16.6. The highest BCUT2D eigenvalue weighted by Gasteiger charge is 2.59. The zero-order chi connectivity index (χ0) is 70.1. The minimum Gasteiger partial charge on any atom is -0.481 e. The van der Waals surface area contributed by atoms with Gasteiger partial charge in [-0.1, -0.05) is 65.5 Å². The van der Waals surface area contributed by atoms with E-state index in [1.54, 1.807) is 5.57 Å². The number of hydrogen-bond donors (Lipinski definition) is 3. The van der Waals surface area contributed by atoms with Gasteiger partial charge >= 0.3 is 12.1 Å². The topological polar surface area (TPSA) is 280 Å². The maximum Gasteiger partial charge on any atom is 0.407 e. The van der Waals surface area contributed by atoms with Gasteiger partial charge in [0.2, 0.25) is 5.91 Å². The lowest BCUT2D eigenvalue weighted by molar-refractivity contribution is -0.138. The van der Waals surface area contributed by atoms with Crippen LogP contribution in [0.5, 0.6) is 0 Å². The Balaban J connectivity index is 0.744. The molecule has 0 bridgehead atoms. The van der Waals surface area contributed by atoms with Gasteiger partial charge in [-0.2, -0.15) is 0 Å². The van der Waals surface area contributed by atoms with Gasteiger partial charge in [-0.05, 0) is 91.3 Å². The molecular formula is C72H132N2O24. The average Bonchev–Trinajstić information content (AvgIpc) is 1.38. The zero-order valence-corrected chi connectivity index (χ0v) is 60.9. The molecule has 3 fully saturated rings. The number of rotatable bonds is 69. The largest absolute Gasteiger partial charge is 0.481 e. The minimum absolute atomic E-state index is 0.0422. The summed E-state index contributed by atoms with van der Waals surface area (Å²) < 4.78 is 111. The van der Waals surface area contributed by atoms with E-state index in [-0.39, 0.29) is 36.4 Å². The molecule has 4 rings (SSSR count). The Hall–Kier alpha value is -2.81. The minimum atomic E-state index is -1.00. The van der Waals surface area contributed by atoms with Crippen LogP contribution in [0, 0.1) is 46.3 Å². The maximum absolute atomic E-state index is 12.8. The molecule has 98 heavy (non-hydrogen) atoms. The third-order valence-corrected chi connectivity index (χ3v) is 18.9. The van der Waals surface area contributed by atoms with Gasteiger partial charge in [0.05, 0.1) is 257 Å². The van der Waals surface area contributed by atoms with Gasteiger partial charge in [0, 0.05) is 25.9 Å². The second-order valence-corrected chi connectivity index (χ2v) is 26.4. The number of carbonyl (C=O) groups excluding carboxylic acids is 2. The molecular weight excluding hydrogens is 1280 g/mol. The van der Waals surface area contributed by atoms with Crippen LogP contribution < -0.4 is 10.6 Å². The van der Waals surface area contributed by atoms with E-state index < -0.39 is 5.97 Å². The zero-order valence-electron chi connectivity index (χ0n) is 60.9. The van der Waals surface area contributed by atoms with E-state index in [0.29, 0.717) is 270 Å². The Bertz CT molecular complexity index is 1970. The molecule has 4 aliphatic rings. The molecule has 0 saturated heterocycles. The van der Waals surface area contributed by atoms with E-state index in [1.807, 2.05) is 0 Å². The van der Waals surface area contributed by atoms with E-state index in [1.165, 1.54) is 51.4 Å². The van der Waals surface area contributed by atoms with Crippen LogP contribution in [0.15, 0.2) is 11.6 Å². The van der Waals surface area contributed by atoms with E-state index in [0.717, 1.165) is 54.8 Å². The van der Waals surface area contributed by atoms with Crippen molar-refractivity contribution in [2.75, 3.05) is 264 Å². The number of allylic oxidation sites excluding steroid dienone is 1. The summed E-state index contributed by atoms with van der Waals surface area (Å²) in [5, 5.41) is 14.0. The summed E-state index contributed by atoms with van der Waals surface area (Å²) in [6.45, 7) is 30.7. The number of nitrogens with one attached hydrogen (secondary N) is 2. The van der Waals surface area contributed by atoms with Gasteiger partial charge in [0.25, 0.3) is 0 Å². The van der Waals surface area contributed by atoms with Crippen LogP contribution >= 0.6 is 0 Å². The summed E-state index contributed by atoms with van der Waals surface area (Å²) in [5.41, 5.74) is 2.28. The van der Waals surface area contributed by atoms with E-state index in [4.69, 9.17) is 99.8 Å². The van der Waals surface area contributed by atoms with Gasteiger partial charge in [-0.25, -0.2) is 4.79 Å². The number of hydrogen-bond acceptors (Lipinski definition) is 23. The van der Waals surface area contributed by atoms with Crippen molar-refractivity contribution in [1.29, 1.82) is 0 Å². The van der Waals surface area contributed by atoms with Crippen LogP contribution in [0.3, 0.4) is 0 Å². The van der Waals surface area contributed by atoms with Crippen molar-refractivity contribution < 1.29 is 114 Å². The maximum atomic E-state index is 12.8. The first kappa shape index (κ1) is 87.6. The van der Waals surface area contributed by atoms with Crippen molar-refractivity contribution in [3.8, 4) is 0 Å². The van der Waals surface area contributed by atoms with Gasteiger partial charge in [0.1, 0.15) is 6.10 Å². The Kier molecular flexibility index (Phi) is 52.3. The first-order valence-corrected chi connectivity index (χ1v) is 37.0. The SMILES string of the molecule is CC(C)CCC[C@@H](C)[C@H]1CC[C@H]2[C@@H]3CC=C4C[C@@H](OC(=O)NCCOCCOCCOCCOCCOCCOCCOCCOCCOCCOCCOCCOCCOCCOCCOCCOCCOCCOCCOCCNC(=O)CCC(=O)O)CC[C@]4(C)[C@H]3CC[C@]12C. The molecule has 0 aliphatic heterocycles. The molecule has 0 heterocycles. The first-order chi connectivity index (χ1) is 47.9. The third-order valence-electron chi connectivity index (χ3n) is 18.9. The van der Waals surface area contributed by atoms with Crippen molar-refractivity contribution in [2.45, 2.75) is 124 Å². The summed E-state index contributed by atoms with van der Waals surface area (Å²) in [5.74, 6) is 3.61. The smallest absolute Gasteiger partial charge is 0.407 e. The van der Waals surface area contributed by atoms with Crippen molar-refractivity contribution in [1.82, 2.24) is 10.6 Å². The number of ether oxygens (including phenoxy) is 20. The van der Waals surface area contributed by atoms with Crippen molar-refractivity contribution in [2.24, 2.45) is 46.3 Å². The number of fused-ring (bicyclic) bond motifs is 5. The van der Waals surface area contributed by atoms with Crippen LogP contribution in [0.2, 0.25) is 0 Å². The molecule has 3 saturated carbocycles. The second-order valence-electron chi connectivity index (χ2n) is 26.4. The lowest BCUT2D eigenvalue weighted by atomic mass is 9.47. The second kappa shape index (κ2) is 58.6. The Morgan fingerprint density at radius 3 is 1.12 bits per heavy atom. The monoisotopic (exact) mass is 1410 g/mol. The summed E-state index contributed by atoms with van der Waals surface area (Å²) in [7, 11) is 0. The number of aliphatic carboxylic acids is 1. The predicted molar refractivity (Wildman–Crippen MR) is 367 cm³/mol. The molecule has 3 N–H and O–H groups in total. The summed E-state index contributed by atoms with van der Waals surface area (Å²) >= 11 is 0. The van der Waals surface area contributed by atoms with Gasteiger partial charge in [-0.15, -0.1) is 0 Å². The molecule has 26 nitrogen and oxygen atoms in total.